The molecule has 0 saturated carbocycles. The number of alkyl halides is 3. The number of nitriles is 1. The van der Waals surface area contributed by atoms with Gasteiger partial charge in [0.1, 0.15) is 5.82 Å². The van der Waals surface area contributed by atoms with Crippen molar-refractivity contribution in [2.24, 2.45) is 5.73 Å². The Morgan fingerprint density at radius 2 is 1.94 bits per heavy atom. The van der Waals surface area contributed by atoms with Crippen LogP contribution in [-0.4, -0.2) is 23.5 Å². The zero-order valence-electron chi connectivity index (χ0n) is 16.0. The number of benzene rings is 2. The standard InChI is InChI=1S/C20H14F4N4O2S/c1-10-15(5-4-13(17(10)21)18(26)30)27-7-6-16(29)28(19(27)31)12-3-2-11(9-25)14(8-12)20(22,23)24/h2-5,8H,6-7H2,1H3,(H2,26,30). The summed E-state index contributed by atoms with van der Waals surface area (Å²) in [6.07, 6.45) is -4.92. The summed E-state index contributed by atoms with van der Waals surface area (Å²) in [6, 6.07) is 6.87. The molecule has 1 fully saturated rings. The van der Waals surface area contributed by atoms with Crippen LogP contribution in [0.15, 0.2) is 30.3 Å². The van der Waals surface area contributed by atoms with Gasteiger partial charge in [0, 0.05) is 24.2 Å². The Balaban J connectivity index is 2.07. The molecular weight excluding hydrogens is 436 g/mol. The summed E-state index contributed by atoms with van der Waals surface area (Å²) in [5.41, 5.74) is 3.15. The maximum Gasteiger partial charge on any atom is 0.417 e. The van der Waals surface area contributed by atoms with Gasteiger partial charge in [0.05, 0.1) is 28.4 Å². The van der Waals surface area contributed by atoms with Crippen LogP contribution < -0.4 is 15.5 Å². The lowest BCUT2D eigenvalue weighted by Crippen LogP contribution is -2.53. The molecule has 0 bridgehead atoms. The number of hydrogen-bond donors (Lipinski definition) is 1. The van der Waals surface area contributed by atoms with Crippen LogP contribution in [0.25, 0.3) is 0 Å². The van der Waals surface area contributed by atoms with Crippen molar-refractivity contribution in [3.8, 4) is 6.07 Å². The Kier molecular flexibility index (Phi) is 5.69. The number of halogens is 4. The number of anilines is 2. The average Bonchev–Trinajstić information content (AvgIpc) is 2.69. The van der Waals surface area contributed by atoms with Crippen molar-refractivity contribution >= 4 is 40.5 Å². The average molecular weight is 450 g/mol. The van der Waals surface area contributed by atoms with Crippen molar-refractivity contribution in [1.29, 1.82) is 5.26 Å². The summed E-state index contributed by atoms with van der Waals surface area (Å²) in [5.74, 6) is -2.36. The van der Waals surface area contributed by atoms with Gasteiger partial charge in [-0.25, -0.2) is 4.39 Å². The fraction of sp³-hybridized carbons (Fsp3) is 0.200. The maximum absolute atomic E-state index is 14.6. The van der Waals surface area contributed by atoms with Crippen LogP contribution in [-0.2, 0) is 11.0 Å². The molecule has 11 heteroatoms. The number of nitrogens with two attached hydrogens (primary N) is 1. The van der Waals surface area contributed by atoms with Crippen LogP contribution in [0.3, 0.4) is 0 Å². The molecule has 2 amide bonds. The van der Waals surface area contributed by atoms with Crippen LogP contribution in [0, 0.1) is 24.1 Å². The summed E-state index contributed by atoms with van der Waals surface area (Å²) in [7, 11) is 0. The minimum Gasteiger partial charge on any atom is -0.366 e. The van der Waals surface area contributed by atoms with Gasteiger partial charge >= 0.3 is 6.18 Å². The molecule has 2 aromatic rings. The maximum atomic E-state index is 14.6. The van der Waals surface area contributed by atoms with E-state index in [-0.39, 0.29) is 40.6 Å². The second-order valence-corrected chi connectivity index (χ2v) is 7.05. The molecule has 0 spiro atoms. The largest absolute Gasteiger partial charge is 0.417 e. The Morgan fingerprint density at radius 1 is 1.26 bits per heavy atom. The van der Waals surface area contributed by atoms with E-state index in [0.29, 0.717) is 6.07 Å². The van der Waals surface area contributed by atoms with Gasteiger partial charge in [-0.2, -0.15) is 18.4 Å². The molecule has 1 heterocycles. The van der Waals surface area contributed by atoms with Gasteiger partial charge in [-0.05, 0) is 49.5 Å². The van der Waals surface area contributed by atoms with Crippen LogP contribution in [0.1, 0.15) is 33.5 Å². The number of thiocarbonyl (C=S) groups is 1. The first-order chi connectivity index (χ1) is 14.5. The highest BCUT2D eigenvalue weighted by Crippen LogP contribution is 2.36. The van der Waals surface area contributed by atoms with E-state index >= 15 is 0 Å². The Hall–Kier alpha value is -3.52. The van der Waals surface area contributed by atoms with Crippen molar-refractivity contribution < 1.29 is 27.2 Å². The lowest BCUT2D eigenvalue weighted by atomic mass is 10.0. The zero-order valence-corrected chi connectivity index (χ0v) is 16.8. The van der Waals surface area contributed by atoms with E-state index in [2.05, 4.69) is 0 Å². The smallest absolute Gasteiger partial charge is 0.366 e. The molecule has 2 N–H and O–H groups in total. The quantitative estimate of drug-likeness (QED) is 0.570. The van der Waals surface area contributed by atoms with Crippen molar-refractivity contribution in [2.45, 2.75) is 19.5 Å². The van der Waals surface area contributed by atoms with E-state index in [0.717, 1.165) is 11.0 Å². The molecular formula is C20H14F4N4O2S. The number of nitrogens with zero attached hydrogens (tertiary/aromatic N) is 3. The topological polar surface area (TPSA) is 90.4 Å². The van der Waals surface area contributed by atoms with Crippen LogP contribution in [0.2, 0.25) is 0 Å². The third-order valence-electron chi connectivity index (χ3n) is 4.82. The number of amides is 2. The highest BCUT2D eigenvalue weighted by molar-refractivity contribution is 7.81. The van der Waals surface area contributed by atoms with E-state index in [9.17, 15) is 27.2 Å². The molecule has 0 atom stereocenters. The molecule has 0 unspecified atom stereocenters. The van der Waals surface area contributed by atoms with Crippen molar-refractivity contribution in [3.63, 3.8) is 0 Å². The Labute approximate surface area is 179 Å². The van der Waals surface area contributed by atoms with Gasteiger partial charge in [0.25, 0.3) is 5.91 Å². The van der Waals surface area contributed by atoms with E-state index in [4.69, 9.17) is 23.2 Å². The fourth-order valence-electron chi connectivity index (χ4n) is 3.28. The number of primary amides is 1. The minimum absolute atomic E-state index is 0.0451. The zero-order chi connectivity index (χ0) is 23.1. The second-order valence-electron chi connectivity index (χ2n) is 6.69. The first-order valence-corrected chi connectivity index (χ1v) is 9.23. The van der Waals surface area contributed by atoms with Crippen LogP contribution in [0.5, 0.6) is 0 Å². The predicted octanol–water partition coefficient (Wildman–Crippen LogP) is 3.65. The number of carbonyl (C=O) groups excluding carboxylic acids is 2. The van der Waals surface area contributed by atoms with Gasteiger partial charge in [-0.3, -0.25) is 14.5 Å². The molecule has 0 aromatic heterocycles. The van der Waals surface area contributed by atoms with Gasteiger partial charge in [0.15, 0.2) is 5.11 Å². The Morgan fingerprint density at radius 3 is 2.52 bits per heavy atom. The molecule has 0 aliphatic carbocycles. The molecule has 3 rings (SSSR count). The van der Waals surface area contributed by atoms with Gasteiger partial charge in [0.2, 0.25) is 5.91 Å². The summed E-state index contributed by atoms with van der Waals surface area (Å²) >= 11 is 5.35. The number of carbonyl (C=O) groups is 2. The molecule has 160 valence electrons. The van der Waals surface area contributed by atoms with E-state index < -0.39 is 34.9 Å². The minimum atomic E-state index is -4.81. The SMILES string of the molecule is Cc1c(N2CCC(=O)N(c3ccc(C#N)c(C(F)(F)F)c3)C2=S)ccc(C(N)=O)c1F. The second kappa shape index (κ2) is 7.96. The van der Waals surface area contributed by atoms with Gasteiger partial charge < -0.3 is 10.6 Å². The summed E-state index contributed by atoms with van der Waals surface area (Å²) in [4.78, 5) is 26.2. The third kappa shape index (κ3) is 3.94. The van der Waals surface area contributed by atoms with E-state index in [1.807, 2.05) is 0 Å². The molecule has 2 aromatic carbocycles. The normalized spacial score (nSPS) is 14.6. The number of rotatable bonds is 3. The first kappa shape index (κ1) is 22.2. The lowest BCUT2D eigenvalue weighted by molar-refractivity contribution is -0.137. The van der Waals surface area contributed by atoms with E-state index in [1.54, 1.807) is 0 Å². The monoisotopic (exact) mass is 450 g/mol. The first-order valence-electron chi connectivity index (χ1n) is 8.82. The molecule has 31 heavy (non-hydrogen) atoms. The fourth-order valence-corrected chi connectivity index (χ4v) is 3.68. The lowest BCUT2D eigenvalue weighted by Gasteiger charge is -2.38. The van der Waals surface area contributed by atoms with Gasteiger partial charge in [-0.15, -0.1) is 0 Å². The van der Waals surface area contributed by atoms with Crippen molar-refractivity contribution in [3.05, 3.63) is 58.4 Å². The Bertz CT molecular complexity index is 1160. The van der Waals surface area contributed by atoms with Crippen molar-refractivity contribution in [1.82, 2.24) is 0 Å². The van der Waals surface area contributed by atoms with Crippen LogP contribution in [0.4, 0.5) is 28.9 Å². The molecule has 0 radical (unpaired) electrons. The van der Waals surface area contributed by atoms with Crippen LogP contribution >= 0.6 is 12.2 Å². The third-order valence-corrected chi connectivity index (χ3v) is 5.23. The predicted molar refractivity (Wildman–Crippen MR) is 108 cm³/mol. The summed E-state index contributed by atoms with van der Waals surface area (Å²) < 4.78 is 54.6. The molecule has 1 saturated heterocycles. The highest BCUT2D eigenvalue weighted by atomic mass is 32.1. The molecule has 1 aliphatic heterocycles. The highest BCUT2D eigenvalue weighted by Gasteiger charge is 2.37. The van der Waals surface area contributed by atoms with Gasteiger partial charge in [-0.1, -0.05) is 0 Å². The molecule has 1 aliphatic rings. The van der Waals surface area contributed by atoms with E-state index in [1.165, 1.54) is 36.1 Å². The number of hydrogen-bond acceptors (Lipinski definition) is 4. The summed E-state index contributed by atoms with van der Waals surface area (Å²) in [6.45, 7) is 1.46. The molecule has 6 nitrogen and oxygen atoms in total. The van der Waals surface area contributed by atoms with Crippen molar-refractivity contribution in [2.75, 3.05) is 16.3 Å². The summed E-state index contributed by atoms with van der Waals surface area (Å²) in [5, 5.41) is 8.80.